The molecule has 70 valence electrons. The number of carboxylic acids is 1. The lowest BCUT2D eigenvalue weighted by Gasteiger charge is -2.03. The Hall–Kier alpha value is -1.32. The van der Waals surface area contributed by atoms with Gasteiger partial charge in [0.2, 0.25) is 0 Å². The van der Waals surface area contributed by atoms with E-state index in [0.29, 0.717) is 11.6 Å². The maximum absolute atomic E-state index is 10.7. The van der Waals surface area contributed by atoms with Crippen molar-refractivity contribution in [3.05, 3.63) is 17.5 Å². The van der Waals surface area contributed by atoms with E-state index in [4.69, 9.17) is 5.11 Å². The van der Waals surface area contributed by atoms with Gasteiger partial charge in [0.05, 0.1) is 0 Å². The third-order valence-corrected chi connectivity index (χ3v) is 2.57. The van der Waals surface area contributed by atoms with Crippen LogP contribution in [0.1, 0.15) is 47.7 Å². The first-order valence-corrected chi connectivity index (χ1v) is 4.46. The first kappa shape index (κ1) is 8.29. The summed E-state index contributed by atoms with van der Waals surface area (Å²) in [5.74, 6) is -0.645. The van der Waals surface area contributed by atoms with Crippen molar-refractivity contribution in [3.8, 4) is 0 Å². The smallest absolute Gasteiger partial charge is 0.340 e. The van der Waals surface area contributed by atoms with Crippen molar-refractivity contribution in [1.29, 1.82) is 0 Å². The van der Waals surface area contributed by atoms with Crippen molar-refractivity contribution >= 4 is 5.97 Å². The summed E-state index contributed by atoms with van der Waals surface area (Å²) in [5.41, 5.74) is 0.858. The van der Waals surface area contributed by atoms with Gasteiger partial charge in [-0.05, 0) is 12.8 Å². The van der Waals surface area contributed by atoms with Gasteiger partial charge in [0.15, 0.2) is 0 Å². The summed E-state index contributed by atoms with van der Waals surface area (Å²) in [6, 6.07) is 0. The number of hydrogen-bond donors (Lipinski definition) is 1. The molecule has 1 aliphatic carbocycles. The molecule has 1 saturated carbocycles. The zero-order valence-electron chi connectivity index (χ0n) is 7.19. The van der Waals surface area contributed by atoms with E-state index in [-0.39, 0.29) is 5.56 Å². The van der Waals surface area contributed by atoms with Crippen molar-refractivity contribution in [2.24, 2.45) is 0 Å². The van der Waals surface area contributed by atoms with Crippen LogP contribution in [0.3, 0.4) is 0 Å². The average Bonchev–Trinajstić information content (AvgIpc) is 2.74. The van der Waals surface area contributed by atoms with Crippen molar-refractivity contribution in [2.75, 3.05) is 0 Å². The van der Waals surface area contributed by atoms with E-state index in [1.807, 2.05) is 0 Å². The number of aromatic carboxylic acids is 1. The Morgan fingerprint density at radius 2 is 2.23 bits per heavy atom. The molecule has 0 spiro atoms. The largest absolute Gasteiger partial charge is 0.478 e. The molecule has 2 rings (SSSR count). The molecule has 1 aromatic rings. The lowest BCUT2D eigenvalue weighted by atomic mass is 10.0. The Kier molecular flexibility index (Phi) is 2.04. The highest BCUT2D eigenvalue weighted by molar-refractivity contribution is 5.88. The molecule has 0 unspecified atom stereocenters. The number of aromatic nitrogens is 1. The Labute approximate surface area is 75.5 Å². The monoisotopic (exact) mass is 181 g/mol. The molecule has 1 aliphatic rings. The summed E-state index contributed by atoms with van der Waals surface area (Å²) in [6.07, 6.45) is 5.61. The Morgan fingerprint density at radius 1 is 1.54 bits per heavy atom. The maximum Gasteiger partial charge on any atom is 0.340 e. The molecule has 0 aromatic carbocycles. The number of hydrogen-bond acceptors (Lipinski definition) is 3. The fourth-order valence-electron chi connectivity index (χ4n) is 1.90. The molecule has 1 fully saturated rings. The number of nitrogens with zero attached hydrogens (tertiary/aromatic N) is 1. The number of carboxylic acid groups (broad SMARTS) is 1. The summed E-state index contributed by atoms with van der Waals surface area (Å²) >= 11 is 0. The fourth-order valence-corrected chi connectivity index (χ4v) is 1.90. The Bertz CT molecular complexity index is 312. The SMILES string of the molecule is O=C(O)c1conc1C1CCCC1. The normalized spacial score (nSPS) is 17.8. The van der Waals surface area contributed by atoms with E-state index in [9.17, 15) is 4.79 Å². The van der Waals surface area contributed by atoms with Crippen LogP contribution in [0.2, 0.25) is 0 Å². The molecule has 4 heteroatoms. The third-order valence-electron chi connectivity index (χ3n) is 2.57. The van der Waals surface area contributed by atoms with E-state index in [2.05, 4.69) is 9.68 Å². The van der Waals surface area contributed by atoms with Crippen molar-refractivity contribution in [2.45, 2.75) is 31.6 Å². The summed E-state index contributed by atoms with van der Waals surface area (Å²) in [4.78, 5) is 10.7. The van der Waals surface area contributed by atoms with Crippen LogP contribution in [-0.4, -0.2) is 16.2 Å². The lowest BCUT2D eigenvalue weighted by molar-refractivity contribution is 0.0694. The van der Waals surface area contributed by atoms with Crippen molar-refractivity contribution in [3.63, 3.8) is 0 Å². The quantitative estimate of drug-likeness (QED) is 0.758. The van der Waals surface area contributed by atoms with Crippen LogP contribution in [0, 0.1) is 0 Å². The van der Waals surface area contributed by atoms with Crippen LogP contribution >= 0.6 is 0 Å². The average molecular weight is 181 g/mol. The molecule has 0 bridgehead atoms. The molecule has 0 saturated heterocycles. The summed E-state index contributed by atoms with van der Waals surface area (Å²) < 4.78 is 4.69. The van der Waals surface area contributed by atoms with Crippen molar-refractivity contribution in [1.82, 2.24) is 5.16 Å². The summed E-state index contributed by atoms with van der Waals surface area (Å²) in [5, 5.41) is 12.6. The number of carbonyl (C=O) groups is 1. The molecule has 0 radical (unpaired) electrons. The highest BCUT2D eigenvalue weighted by atomic mass is 16.5. The second-order valence-electron chi connectivity index (χ2n) is 3.40. The van der Waals surface area contributed by atoms with Crippen LogP contribution < -0.4 is 0 Å². The van der Waals surface area contributed by atoms with E-state index in [1.165, 1.54) is 6.26 Å². The minimum Gasteiger partial charge on any atom is -0.478 e. The number of rotatable bonds is 2. The molecule has 0 aliphatic heterocycles. The molecule has 13 heavy (non-hydrogen) atoms. The third kappa shape index (κ3) is 1.43. The maximum atomic E-state index is 10.7. The van der Waals surface area contributed by atoms with Gasteiger partial charge in [-0.3, -0.25) is 0 Å². The van der Waals surface area contributed by atoms with Gasteiger partial charge in [0.25, 0.3) is 0 Å². The van der Waals surface area contributed by atoms with Gasteiger partial charge >= 0.3 is 5.97 Å². The van der Waals surface area contributed by atoms with Gasteiger partial charge < -0.3 is 9.63 Å². The molecule has 1 heterocycles. The van der Waals surface area contributed by atoms with E-state index >= 15 is 0 Å². The second kappa shape index (κ2) is 3.20. The van der Waals surface area contributed by atoms with Crippen LogP contribution in [-0.2, 0) is 0 Å². The summed E-state index contributed by atoms with van der Waals surface area (Å²) in [7, 11) is 0. The molecule has 4 nitrogen and oxygen atoms in total. The molecule has 0 amide bonds. The van der Waals surface area contributed by atoms with Gasteiger partial charge in [-0.25, -0.2) is 4.79 Å². The van der Waals surface area contributed by atoms with E-state index < -0.39 is 5.97 Å². The zero-order chi connectivity index (χ0) is 9.26. The zero-order valence-corrected chi connectivity index (χ0v) is 7.19. The predicted molar refractivity (Wildman–Crippen MR) is 44.7 cm³/mol. The van der Waals surface area contributed by atoms with Crippen molar-refractivity contribution < 1.29 is 14.4 Å². The molecule has 0 atom stereocenters. The molecular weight excluding hydrogens is 170 g/mol. The van der Waals surface area contributed by atoms with E-state index in [1.54, 1.807) is 0 Å². The first-order chi connectivity index (χ1) is 6.29. The van der Waals surface area contributed by atoms with Gasteiger partial charge in [-0.15, -0.1) is 0 Å². The first-order valence-electron chi connectivity index (χ1n) is 4.46. The van der Waals surface area contributed by atoms with Gasteiger partial charge in [-0.2, -0.15) is 0 Å². The lowest BCUT2D eigenvalue weighted by Crippen LogP contribution is -2.03. The Morgan fingerprint density at radius 3 is 2.85 bits per heavy atom. The highest BCUT2D eigenvalue weighted by Crippen LogP contribution is 2.34. The fraction of sp³-hybridized carbons (Fsp3) is 0.556. The second-order valence-corrected chi connectivity index (χ2v) is 3.40. The minimum atomic E-state index is -0.942. The van der Waals surface area contributed by atoms with Crippen LogP contribution in [0.4, 0.5) is 0 Å². The van der Waals surface area contributed by atoms with Gasteiger partial charge in [0.1, 0.15) is 17.5 Å². The van der Waals surface area contributed by atoms with Crippen LogP contribution in [0.5, 0.6) is 0 Å². The van der Waals surface area contributed by atoms with E-state index in [0.717, 1.165) is 25.7 Å². The molecule has 1 aromatic heterocycles. The minimum absolute atomic E-state index is 0.229. The van der Waals surface area contributed by atoms with Crippen LogP contribution in [0.25, 0.3) is 0 Å². The topological polar surface area (TPSA) is 63.3 Å². The highest BCUT2D eigenvalue weighted by Gasteiger charge is 2.25. The van der Waals surface area contributed by atoms with Crippen LogP contribution in [0.15, 0.2) is 10.8 Å². The molecule has 1 N–H and O–H groups in total. The predicted octanol–water partition coefficient (Wildman–Crippen LogP) is 2.03. The Balaban J connectivity index is 2.28. The summed E-state index contributed by atoms with van der Waals surface area (Å²) in [6.45, 7) is 0. The standard InChI is InChI=1S/C9H11NO3/c11-9(12)7-5-13-10-8(7)6-3-1-2-4-6/h5-6H,1-4H2,(H,11,12). The van der Waals surface area contributed by atoms with Gasteiger partial charge in [0, 0.05) is 5.92 Å². The van der Waals surface area contributed by atoms with Gasteiger partial charge in [-0.1, -0.05) is 18.0 Å². The molecular formula is C9H11NO3.